The van der Waals surface area contributed by atoms with Crippen molar-refractivity contribution in [3.63, 3.8) is 0 Å². The fourth-order valence-electron chi connectivity index (χ4n) is 2.44. The molecule has 0 aliphatic carbocycles. The van der Waals surface area contributed by atoms with Crippen LogP contribution in [0.1, 0.15) is 34.1 Å². The lowest BCUT2D eigenvalue weighted by atomic mass is 10.1. The van der Waals surface area contributed by atoms with Crippen LogP contribution in [0.5, 0.6) is 5.75 Å². The van der Waals surface area contributed by atoms with E-state index in [1.807, 2.05) is 25.1 Å². The van der Waals surface area contributed by atoms with Crippen molar-refractivity contribution in [2.75, 3.05) is 0 Å². The van der Waals surface area contributed by atoms with E-state index >= 15 is 0 Å². The van der Waals surface area contributed by atoms with Crippen LogP contribution in [0.4, 0.5) is 0 Å². The fraction of sp³-hybridized carbons (Fsp3) is 0.176. The van der Waals surface area contributed by atoms with Gasteiger partial charge in [-0.1, -0.05) is 37.3 Å². The number of fused-ring (bicyclic) bond motifs is 1. The molecule has 0 spiro atoms. The number of benzene rings is 2. The Balaban J connectivity index is 1.89. The van der Waals surface area contributed by atoms with E-state index in [1.165, 1.54) is 4.90 Å². The van der Waals surface area contributed by atoms with Crippen molar-refractivity contribution in [3.05, 3.63) is 65.7 Å². The van der Waals surface area contributed by atoms with Gasteiger partial charge in [-0.05, 0) is 24.3 Å². The van der Waals surface area contributed by atoms with Crippen LogP contribution in [-0.4, -0.2) is 22.9 Å². The molecule has 1 unspecified atom stereocenters. The molecular weight excluding hydrogens is 266 g/mol. The molecule has 106 valence electrons. The molecule has 1 heterocycles. The summed E-state index contributed by atoms with van der Waals surface area (Å²) in [7, 11) is 0. The summed E-state index contributed by atoms with van der Waals surface area (Å²) in [5, 5.41) is 0. The topological polar surface area (TPSA) is 46.6 Å². The molecule has 1 aliphatic heterocycles. The van der Waals surface area contributed by atoms with Gasteiger partial charge in [0.1, 0.15) is 5.75 Å². The number of imide groups is 1. The van der Waals surface area contributed by atoms with Crippen molar-refractivity contribution in [2.24, 2.45) is 0 Å². The van der Waals surface area contributed by atoms with Gasteiger partial charge in [0.2, 0.25) is 0 Å². The van der Waals surface area contributed by atoms with Gasteiger partial charge in [-0.3, -0.25) is 9.59 Å². The Morgan fingerprint density at radius 1 is 0.905 bits per heavy atom. The summed E-state index contributed by atoms with van der Waals surface area (Å²) >= 11 is 0. The maximum atomic E-state index is 12.4. The molecule has 2 aromatic carbocycles. The van der Waals surface area contributed by atoms with Gasteiger partial charge in [-0.2, -0.15) is 0 Å². The second-order valence-corrected chi connectivity index (χ2v) is 4.82. The van der Waals surface area contributed by atoms with Crippen LogP contribution in [0, 0.1) is 0 Å². The molecule has 0 N–H and O–H groups in total. The Hall–Kier alpha value is -2.62. The monoisotopic (exact) mass is 281 g/mol. The molecule has 1 atom stereocenters. The lowest BCUT2D eigenvalue weighted by Crippen LogP contribution is -2.43. The van der Waals surface area contributed by atoms with E-state index in [4.69, 9.17) is 4.74 Å². The summed E-state index contributed by atoms with van der Waals surface area (Å²) in [5.41, 5.74) is 0.884. The summed E-state index contributed by atoms with van der Waals surface area (Å²) in [6.07, 6.45) is -0.0693. The van der Waals surface area contributed by atoms with Crippen molar-refractivity contribution < 1.29 is 14.3 Å². The first-order valence-electron chi connectivity index (χ1n) is 6.91. The highest BCUT2D eigenvalue weighted by atomic mass is 16.5. The maximum absolute atomic E-state index is 12.4. The van der Waals surface area contributed by atoms with Gasteiger partial charge < -0.3 is 4.74 Å². The average molecular weight is 281 g/mol. The molecule has 4 nitrogen and oxygen atoms in total. The van der Waals surface area contributed by atoms with Crippen LogP contribution < -0.4 is 4.74 Å². The zero-order valence-corrected chi connectivity index (χ0v) is 11.7. The number of hydrogen-bond acceptors (Lipinski definition) is 3. The zero-order chi connectivity index (χ0) is 14.8. The average Bonchev–Trinajstić information content (AvgIpc) is 2.78. The van der Waals surface area contributed by atoms with E-state index in [2.05, 4.69) is 0 Å². The number of nitrogens with zero attached hydrogens (tertiary/aromatic N) is 1. The summed E-state index contributed by atoms with van der Waals surface area (Å²) in [6.45, 7) is 1.89. The Labute approximate surface area is 123 Å². The first-order chi connectivity index (χ1) is 10.2. The number of carbonyl (C=O) groups excluding carboxylic acids is 2. The minimum absolute atomic E-state index is 0.293. The van der Waals surface area contributed by atoms with Gasteiger partial charge in [0.05, 0.1) is 11.1 Å². The molecule has 2 amide bonds. The van der Waals surface area contributed by atoms with Crippen molar-refractivity contribution in [2.45, 2.75) is 19.6 Å². The van der Waals surface area contributed by atoms with E-state index < -0.39 is 6.23 Å². The van der Waals surface area contributed by atoms with Crippen molar-refractivity contribution in [1.82, 2.24) is 4.90 Å². The molecule has 4 heteroatoms. The largest absolute Gasteiger partial charge is 0.470 e. The number of rotatable bonds is 4. The molecule has 0 saturated carbocycles. The molecular formula is C17H15NO3. The Bertz CT molecular complexity index is 646. The minimum atomic E-state index is -0.597. The quantitative estimate of drug-likeness (QED) is 0.809. The molecule has 0 aromatic heterocycles. The van der Waals surface area contributed by atoms with Gasteiger partial charge in [-0.25, -0.2) is 4.90 Å². The molecule has 0 bridgehead atoms. The Morgan fingerprint density at radius 2 is 1.43 bits per heavy atom. The highest BCUT2D eigenvalue weighted by Gasteiger charge is 2.40. The van der Waals surface area contributed by atoms with E-state index in [1.54, 1.807) is 36.4 Å². The molecule has 0 fully saturated rings. The summed E-state index contributed by atoms with van der Waals surface area (Å²) < 4.78 is 5.80. The summed E-state index contributed by atoms with van der Waals surface area (Å²) in [6, 6.07) is 16.1. The first-order valence-corrected chi connectivity index (χ1v) is 6.91. The normalized spacial score (nSPS) is 15.0. The third kappa shape index (κ3) is 2.29. The van der Waals surface area contributed by atoms with Crippen LogP contribution in [0.3, 0.4) is 0 Å². The summed E-state index contributed by atoms with van der Waals surface area (Å²) in [5.74, 6) is 0.0534. The van der Waals surface area contributed by atoms with Gasteiger partial charge in [0.25, 0.3) is 11.8 Å². The van der Waals surface area contributed by atoms with E-state index in [9.17, 15) is 9.59 Å². The standard InChI is InChI=1S/C17H15NO3/c1-2-15(21-12-8-4-3-5-9-12)18-16(19)13-10-6-7-11-14(13)17(18)20/h3-11,15H,2H2,1H3. The molecule has 1 aliphatic rings. The zero-order valence-electron chi connectivity index (χ0n) is 11.7. The van der Waals surface area contributed by atoms with Crippen LogP contribution >= 0.6 is 0 Å². The van der Waals surface area contributed by atoms with Crippen LogP contribution in [0.25, 0.3) is 0 Å². The van der Waals surface area contributed by atoms with Crippen molar-refractivity contribution in [3.8, 4) is 5.75 Å². The van der Waals surface area contributed by atoms with Crippen LogP contribution in [0.2, 0.25) is 0 Å². The number of para-hydroxylation sites is 1. The maximum Gasteiger partial charge on any atom is 0.264 e. The van der Waals surface area contributed by atoms with Gasteiger partial charge in [0, 0.05) is 6.42 Å². The third-order valence-corrected chi connectivity index (χ3v) is 3.48. The number of ether oxygens (including phenoxy) is 1. The van der Waals surface area contributed by atoms with Gasteiger partial charge >= 0.3 is 0 Å². The predicted octanol–water partition coefficient (Wildman–Crippen LogP) is 3.10. The fourth-order valence-corrected chi connectivity index (χ4v) is 2.44. The first kappa shape index (κ1) is 13.4. The molecule has 2 aromatic rings. The third-order valence-electron chi connectivity index (χ3n) is 3.48. The van der Waals surface area contributed by atoms with E-state index in [0.29, 0.717) is 23.3 Å². The second-order valence-electron chi connectivity index (χ2n) is 4.82. The molecule has 21 heavy (non-hydrogen) atoms. The highest BCUT2D eigenvalue weighted by Crippen LogP contribution is 2.26. The number of amides is 2. The molecule has 3 rings (SSSR count). The van der Waals surface area contributed by atoms with Crippen molar-refractivity contribution >= 4 is 11.8 Å². The number of carbonyl (C=O) groups is 2. The van der Waals surface area contributed by atoms with Gasteiger partial charge in [-0.15, -0.1) is 0 Å². The molecule has 0 radical (unpaired) electrons. The molecule has 0 saturated heterocycles. The predicted molar refractivity (Wildman–Crippen MR) is 78.1 cm³/mol. The second kappa shape index (κ2) is 5.40. The van der Waals surface area contributed by atoms with E-state index in [-0.39, 0.29) is 11.8 Å². The SMILES string of the molecule is CCC(Oc1ccccc1)N1C(=O)c2ccccc2C1=O. The van der Waals surface area contributed by atoms with E-state index in [0.717, 1.165) is 0 Å². The van der Waals surface area contributed by atoms with Crippen LogP contribution in [0.15, 0.2) is 54.6 Å². The van der Waals surface area contributed by atoms with Crippen molar-refractivity contribution in [1.29, 1.82) is 0 Å². The lowest BCUT2D eigenvalue weighted by molar-refractivity contribution is 0.0226. The number of hydrogen-bond donors (Lipinski definition) is 0. The van der Waals surface area contributed by atoms with Gasteiger partial charge in [0.15, 0.2) is 6.23 Å². The lowest BCUT2D eigenvalue weighted by Gasteiger charge is -2.25. The Kier molecular flexibility index (Phi) is 3.44. The minimum Gasteiger partial charge on any atom is -0.470 e. The highest BCUT2D eigenvalue weighted by molar-refractivity contribution is 6.21. The smallest absolute Gasteiger partial charge is 0.264 e. The Morgan fingerprint density at radius 3 is 1.95 bits per heavy atom. The summed E-state index contributed by atoms with van der Waals surface area (Å²) in [4.78, 5) is 26.1. The van der Waals surface area contributed by atoms with Crippen LogP contribution in [-0.2, 0) is 0 Å².